The molecule has 100 valence electrons. The predicted molar refractivity (Wildman–Crippen MR) is 78.5 cm³/mol. The van der Waals surface area contributed by atoms with E-state index < -0.39 is 0 Å². The normalized spacial score (nSPS) is 16.1. The molecule has 1 aromatic heterocycles. The zero-order valence-corrected chi connectivity index (χ0v) is 11.4. The summed E-state index contributed by atoms with van der Waals surface area (Å²) >= 11 is 0. The number of fused-ring (bicyclic) bond motifs is 1. The summed E-state index contributed by atoms with van der Waals surface area (Å²) in [6.45, 7) is 2.65. The summed E-state index contributed by atoms with van der Waals surface area (Å²) in [6, 6.07) is 8.01. The summed E-state index contributed by atoms with van der Waals surface area (Å²) in [5.41, 5.74) is 9.14. The maximum atomic E-state index is 6.19. The zero-order valence-electron chi connectivity index (χ0n) is 11.4. The van der Waals surface area contributed by atoms with Gasteiger partial charge in [-0.15, -0.1) is 0 Å². The molecule has 0 bridgehead atoms. The summed E-state index contributed by atoms with van der Waals surface area (Å²) in [5.74, 6) is 1.45. The highest BCUT2D eigenvalue weighted by Crippen LogP contribution is 2.35. The van der Waals surface area contributed by atoms with E-state index in [1.165, 1.54) is 25.7 Å². The standard InChI is InChI=1S/C16H20N2O/c1-2-19-12-7-8-15-13(9-12)14(17)10-16(18-15)11-5-3-4-6-11/h7-11H,2-6H2,1H3,(H2,17,18). The lowest BCUT2D eigenvalue weighted by molar-refractivity contribution is 0.340. The molecule has 1 aliphatic rings. The number of anilines is 1. The van der Waals surface area contributed by atoms with Gasteiger partial charge in [-0.1, -0.05) is 12.8 Å². The fourth-order valence-electron chi connectivity index (χ4n) is 2.94. The van der Waals surface area contributed by atoms with E-state index in [2.05, 4.69) is 0 Å². The van der Waals surface area contributed by atoms with Gasteiger partial charge in [-0.25, -0.2) is 0 Å². The highest BCUT2D eigenvalue weighted by molar-refractivity contribution is 5.91. The van der Waals surface area contributed by atoms with E-state index in [-0.39, 0.29) is 0 Å². The molecule has 2 N–H and O–H groups in total. The molecule has 1 heterocycles. The minimum absolute atomic E-state index is 0.596. The molecular weight excluding hydrogens is 236 g/mol. The lowest BCUT2D eigenvalue weighted by Gasteiger charge is -2.12. The van der Waals surface area contributed by atoms with Crippen LogP contribution in [0.1, 0.15) is 44.2 Å². The number of nitrogens with two attached hydrogens (primary N) is 1. The van der Waals surface area contributed by atoms with Gasteiger partial charge >= 0.3 is 0 Å². The maximum absolute atomic E-state index is 6.19. The lowest BCUT2D eigenvalue weighted by Crippen LogP contribution is -2.00. The topological polar surface area (TPSA) is 48.1 Å². The van der Waals surface area contributed by atoms with Crippen molar-refractivity contribution in [2.45, 2.75) is 38.5 Å². The molecule has 0 saturated heterocycles. The molecule has 3 heteroatoms. The molecular formula is C16H20N2O. The Bertz CT molecular complexity index is 589. The van der Waals surface area contributed by atoms with Crippen LogP contribution in [0.25, 0.3) is 10.9 Å². The molecule has 1 aromatic carbocycles. The Morgan fingerprint density at radius 1 is 1.26 bits per heavy atom. The minimum Gasteiger partial charge on any atom is -0.494 e. The van der Waals surface area contributed by atoms with Crippen molar-refractivity contribution in [1.29, 1.82) is 0 Å². The molecule has 1 fully saturated rings. The Balaban J connectivity index is 2.03. The van der Waals surface area contributed by atoms with E-state index in [0.717, 1.165) is 28.0 Å². The monoisotopic (exact) mass is 256 g/mol. The third-order valence-electron chi connectivity index (χ3n) is 3.92. The first kappa shape index (κ1) is 12.3. The van der Waals surface area contributed by atoms with Gasteiger partial charge in [-0.3, -0.25) is 4.98 Å². The Morgan fingerprint density at radius 3 is 2.79 bits per heavy atom. The molecule has 0 amide bonds. The molecule has 3 rings (SSSR count). The van der Waals surface area contributed by atoms with Crippen LogP contribution in [0.4, 0.5) is 5.69 Å². The van der Waals surface area contributed by atoms with Gasteiger partial charge in [0.05, 0.1) is 12.1 Å². The fourth-order valence-corrected chi connectivity index (χ4v) is 2.94. The second kappa shape index (κ2) is 5.08. The highest BCUT2D eigenvalue weighted by Gasteiger charge is 2.19. The van der Waals surface area contributed by atoms with Crippen molar-refractivity contribution in [2.24, 2.45) is 0 Å². The van der Waals surface area contributed by atoms with Crippen LogP contribution in [-0.2, 0) is 0 Å². The van der Waals surface area contributed by atoms with Crippen molar-refractivity contribution >= 4 is 16.6 Å². The van der Waals surface area contributed by atoms with E-state index in [1.54, 1.807) is 0 Å². The molecule has 2 aromatic rings. The number of hydrogen-bond acceptors (Lipinski definition) is 3. The molecule has 0 atom stereocenters. The van der Waals surface area contributed by atoms with Crippen LogP contribution in [0.5, 0.6) is 5.75 Å². The summed E-state index contributed by atoms with van der Waals surface area (Å²) < 4.78 is 5.52. The van der Waals surface area contributed by atoms with Gasteiger partial charge in [0.1, 0.15) is 5.75 Å². The minimum atomic E-state index is 0.596. The third kappa shape index (κ3) is 2.37. The van der Waals surface area contributed by atoms with Crippen LogP contribution in [0.3, 0.4) is 0 Å². The van der Waals surface area contributed by atoms with Crippen LogP contribution >= 0.6 is 0 Å². The number of benzene rings is 1. The van der Waals surface area contributed by atoms with Gasteiger partial charge in [-0.05, 0) is 44.0 Å². The largest absolute Gasteiger partial charge is 0.494 e. The molecule has 19 heavy (non-hydrogen) atoms. The molecule has 0 unspecified atom stereocenters. The van der Waals surface area contributed by atoms with Gasteiger partial charge in [0.25, 0.3) is 0 Å². The Kier molecular flexibility index (Phi) is 3.28. The third-order valence-corrected chi connectivity index (χ3v) is 3.92. The molecule has 1 aliphatic carbocycles. The van der Waals surface area contributed by atoms with Crippen LogP contribution in [0, 0.1) is 0 Å². The van der Waals surface area contributed by atoms with Crippen LogP contribution < -0.4 is 10.5 Å². The van der Waals surface area contributed by atoms with Crippen molar-refractivity contribution in [1.82, 2.24) is 4.98 Å². The van der Waals surface area contributed by atoms with Gasteiger partial charge in [0, 0.05) is 22.7 Å². The maximum Gasteiger partial charge on any atom is 0.120 e. The number of ether oxygens (including phenoxy) is 1. The summed E-state index contributed by atoms with van der Waals surface area (Å²) in [4.78, 5) is 4.78. The first-order valence-corrected chi connectivity index (χ1v) is 7.11. The van der Waals surface area contributed by atoms with Gasteiger partial charge in [0.15, 0.2) is 0 Å². The molecule has 1 saturated carbocycles. The van der Waals surface area contributed by atoms with E-state index in [4.69, 9.17) is 15.5 Å². The zero-order chi connectivity index (χ0) is 13.2. The number of hydrogen-bond donors (Lipinski definition) is 1. The van der Waals surface area contributed by atoms with E-state index in [9.17, 15) is 0 Å². The SMILES string of the molecule is CCOc1ccc2nc(C3CCCC3)cc(N)c2c1. The molecule has 0 spiro atoms. The molecule has 0 aliphatic heterocycles. The van der Waals surface area contributed by atoms with Crippen molar-refractivity contribution in [3.8, 4) is 5.75 Å². The Morgan fingerprint density at radius 2 is 2.05 bits per heavy atom. The number of nitrogens with zero attached hydrogens (tertiary/aromatic N) is 1. The van der Waals surface area contributed by atoms with E-state index in [1.807, 2.05) is 31.2 Å². The molecule has 0 radical (unpaired) electrons. The highest BCUT2D eigenvalue weighted by atomic mass is 16.5. The van der Waals surface area contributed by atoms with Gasteiger partial charge in [-0.2, -0.15) is 0 Å². The number of pyridine rings is 1. The number of aromatic nitrogens is 1. The quantitative estimate of drug-likeness (QED) is 0.906. The lowest BCUT2D eigenvalue weighted by atomic mass is 10.0. The summed E-state index contributed by atoms with van der Waals surface area (Å²) in [7, 11) is 0. The summed E-state index contributed by atoms with van der Waals surface area (Å²) in [5, 5.41) is 0.993. The molecule has 3 nitrogen and oxygen atoms in total. The summed E-state index contributed by atoms with van der Waals surface area (Å²) in [6.07, 6.45) is 5.12. The van der Waals surface area contributed by atoms with Crippen molar-refractivity contribution in [3.05, 3.63) is 30.0 Å². The van der Waals surface area contributed by atoms with Gasteiger partial charge in [0.2, 0.25) is 0 Å². The first-order valence-electron chi connectivity index (χ1n) is 7.11. The average molecular weight is 256 g/mol. The van der Waals surface area contributed by atoms with Crippen molar-refractivity contribution in [2.75, 3.05) is 12.3 Å². The Labute approximate surface area is 113 Å². The van der Waals surface area contributed by atoms with Crippen LogP contribution in [0.15, 0.2) is 24.3 Å². The number of rotatable bonds is 3. The van der Waals surface area contributed by atoms with Crippen LogP contribution in [-0.4, -0.2) is 11.6 Å². The smallest absolute Gasteiger partial charge is 0.120 e. The fraction of sp³-hybridized carbons (Fsp3) is 0.438. The van der Waals surface area contributed by atoms with Crippen LogP contribution in [0.2, 0.25) is 0 Å². The second-order valence-corrected chi connectivity index (χ2v) is 5.23. The van der Waals surface area contributed by atoms with E-state index in [0.29, 0.717) is 12.5 Å². The van der Waals surface area contributed by atoms with Crippen molar-refractivity contribution in [3.63, 3.8) is 0 Å². The van der Waals surface area contributed by atoms with Crippen molar-refractivity contribution < 1.29 is 4.74 Å². The average Bonchev–Trinajstić information content (AvgIpc) is 2.93. The number of nitrogen functional groups attached to an aromatic ring is 1. The van der Waals surface area contributed by atoms with E-state index >= 15 is 0 Å². The predicted octanol–water partition coefficient (Wildman–Crippen LogP) is 3.87. The first-order chi connectivity index (χ1) is 9.28. The second-order valence-electron chi connectivity index (χ2n) is 5.23. The Hall–Kier alpha value is -1.77. The van der Waals surface area contributed by atoms with Gasteiger partial charge < -0.3 is 10.5 Å².